The van der Waals surface area contributed by atoms with Gasteiger partial charge in [0.05, 0.1) is 72.7 Å². The van der Waals surface area contributed by atoms with Crippen molar-refractivity contribution in [2.75, 3.05) is 194 Å². The number of hydrogen-bond donors (Lipinski definition) is 2. The van der Waals surface area contributed by atoms with Gasteiger partial charge in [-0.15, -0.1) is 0 Å². The SMILES string of the molecule is C.C.CCCC(=O)OCC(F)(F)C(F)(F)COC(=O)CCN(C)CCc1ccccn1.CCCC(=O)OCCCCOC(=O)CCN(C)CCCCCCO.CCCC(=O)OCCCOCCCOCCCOC(=O)CCN(C)CCc1ccc(OC)c(OC)c1.CCCC(=O)OCCOc1ccc(C(C)(C)c2ccc(OCCOC(=O)CCN(C)CCc3cnc[nH]3)cc2)cc1. The van der Waals surface area contributed by atoms with Gasteiger partial charge in [-0.1, -0.05) is 106 Å². The lowest BCUT2D eigenvalue weighted by atomic mass is 9.78. The lowest BCUT2D eigenvalue weighted by Crippen LogP contribution is -2.48. The Kier molecular flexibility index (Phi) is 70.3. The average molecular weight is 1880 g/mol. The molecule has 0 aliphatic heterocycles. The largest absolute Gasteiger partial charge is 0.493 e. The number of halogens is 4. The van der Waals surface area contributed by atoms with Crippen LogP contribution in [0.15, 0.2) is 104 Å². The lowest BCUT2D eigenvalue weighted by molar-refractivity contribution is -0.248. The Balaban J connectivity index is 0.00000176. The normalized spacial score (nSPS) is 11.1. The number of aromatic nitrogens is 3. The number of carbonyl (C=O) groups is 8. The fourth-order valence-corrected chi connectivity index (χ4v) is 11.8. The second kappa shape index (κ2) is 75.8. The van der Waals surface area contributed by atoms with Crippen molar-refractivity contribution in [1.29, 1.82) is 0 Å². The highest BCUT2D eigenvalue weighted by Gasteiger charge is 2.58. The molecule has 0 spiro atoms. The van der Waals surface area contributed by atoms with Crippen molar-refractivity contribution in [2.24, 2.45) is 0 Å². The number of aliphatic hydroxyl groups excluding tert-OH is 1. The zero-order valence-electron chi connectivity index (χ0n) is 79.2. The van der Waals surface area contributed by atoms with Crippen LogP contribution < -0.4 is 18.9 Å². The molecule has 0 amide bonds. The van der Waals surface area contributed by atoms with E-state index >= 15 is 0 Å². The number of nitrogens with one attached hydrogen (secondary N) is 1. The van der Waals surface area contributed by atoms with Crippen LogP contribution in [0.2, 0.25) is 0 Å². The fourth-order valence-electron chi connectivity index (χ4n) is 11.8. The number of aromatic amines is 1. The Morgan fingerprint density at radius 3 is 1.17 bits per heavy atom. The summed E-state index contributed by atoms with van der Waals surface area (Å²) in [5, 5.41) is 8.70. The molecule has 2 N–H and O–H groups in total. The van der Waals surface area contributed by atoms with Gasteiger partial charge in [0.15, 0.2) is 24.7 Å². The van der Waals surface area contributed by atoms with Gasteiger partial charge in [-0.05, 0) is 164 Å². The van der Waals surface area contributed by atoms with E-state index in [4.69, 9.17) is 61.9 Å². The first-order chi connectivity index (χ1) is 62.4. The molecule has 132 heavy (non-hydrogen) atoms. The van der Waals surface area contributed by atoms with Crippen LogP contribution in [0.4, 0.5) is 17.6 Å². The van der Waals surface area contributed by atoms with Gasteiger partial charge < -0.3 is 96.0 Å². The molecule has 5 rings (SSSR count). The van der Waals surface area contributed by atoms with Gasteiger partial charge in [0.1, 0.15) is 37.9 Å². The molecule has 0 atom stereocenters. The zero-order chi connectivity index (χ0) is 95.9. The van der Waals surface area contributed by atoms with Gasteiger partial charge in [-0.25, -0.2) is 4.98 Å². The predicted molar refractivity (Wildman–Crippen MR) is 499 cm³/mol. The number of imidazole rings is 1. The average Bonchev–Trinajstić information content (AvgIpc) is 0.902. The summed E-state index contributed by atoms with van der Waals surface area (Å²) in [6.07, 6.45) is 20.0. The first-order valence-corrected chi connectivity index (χ1v) is 45.5. The summed E-state index contributed by atoms with van der Waals surface area (Å²) in [6, 6.07) is 27.3. The number of rotatable bonds is 69. The van der Waals surface area contributed by atoms with Crippen LogP contribution >= 0.6 is 0 Å². The summed E-state index contributed by atoms with van der Waals surface area (Å²) in [6.45, 7) is 18.8. The Morgan fingerprint density at radius 2 is 0.773 bits per heavy atom. The van der Waals surface area contributed by atoms with E-state index in [0.717, 1.165) is 136 Å². The van der Waals surface area contributed by atoms with Crippen molar-refractivity contribution in [3.05, 3.63) is 132 Å². The zero-order valence-corrected chi connectivity index (χ0v) is 79.2. The molecule has 0 unspecified atom stereocenters. The molecule has 5 aromatic rings. The number of H-pyrrole nitrogens is 1. The van der Waals surface area contributed by atoms with E-state index in [9.17, 15) is 55.9 Å². The van der Waals surface area contributed by atoms with E-state index < -0.39 is 37.0 Å². The molecule has 0 aliphatic rings. The number of hydrogen-bond acceptors (Lipinski definition) is 29. The van der Waals surface area contributed by atoms with Gasteiger partial charge in [0.25, 0.3) is 0 Å². The van der Waals surface area contributed by atoms with Crippen molar-refractivity contribution >= 4 is 47.8 Å². The highest BCUT2D eigenvalue weighted by molar-refractivity contribution is 5.72. The van der Waals surface area contributed by atoms with Crippen molar-refractivity contribution in [1.82, 2.24) is 34.6 Å². The number of methoxy groups -OCH3 is 2. The summed E-state index contributed by atoms with van der Waals surface area (Å²) >= 11 is 0. The van der Waals surface area contributed by atoms with E-state index in [-0.39, 0.29) is 95.3 Å². The Bertz CT molecular complexity index is 3800. The maximum atomic E-state index is 13.7. The monoisotopic (exact) mass is 1880 g/mol. The third kappa shape index (κ3) is 60.5. The highest BCUT2D eigenvalue weighted by atomic mass is 19.3. The van der Waals surface area contributed by atoms with E-state index in [1.807, 2.05) is 115 Å². The third-order valence-electron chi connectivity index (χ3n) is 19.9. The molecule has 34 heteroatoms. The van der Waals surface area contributed by atoms with Gasteiger partial charge >= 0.3 is 59.6 Å². The van der Waals surface area contributed by atoms with Gasteiger partial charge in [0, 0.05) is 159 Å². The van der Waals surface area contributed by atoms with E-state index in [2.05, 4.69) is 65.1 Å². The number of esters is 8. The lowest BCUT2D eigenvalue weighted by Gasteiger charge is -2.26. The first-order valence-electron chi connectivity index (χ1n) is 45.5. The molecule has 2 heterocycles. The number of pyridine rings is 1. The molecule has 0 saturated heterocycles. The number of carbonyl (C=O) groups excluding carboxylic acids is 8. The third-order valence-corrected chi connectivity index (χ3v) is 19.9. The van der Waals surface area contributed by atoms with Crippen LogP contribution in [0, 0.1) is 0 Å². The maximum Gasteiger partial charge on any atom is 0.346 e. The van der Waals surface area contributed by atoms with Crippen molar-refractivity contribution in [3.8, 4) is 23.0 Å². The molecule has 0 aliphatic carbocycles. The molecular formula is C98H157F4N7O23. The minimum Gasteiger partial charge on any atom is -0.493 e. The number of aliphatic hydroxyl groups is 1. The minimum atomic E-state index is -4.65. The smallest absolute Gasteiger partial charge is 0.346 e. The van der Waals surface area contributed by atoms with Gasteiger partial charge in [-0.3, -0.25) is 43.3 Å². The number of unbranched alkanes of at least 4 members (excludes halogenated alkanes) is 4. The summed E-state index contributed by atoms with van der Waals surface area (Å²) in [4.78, 5) is 112. The number of ether oxygens (including phenoxy) is 14. The Hall–Kier alpha value is -9.58. The summed E-state index contributed by atoms with van der Waals surface area (Å²) in [7, 11) is 11.0. The molecule has 0 fully saturated rings. The standard InChI is InChI=1S/C32H43N3O6.C27H45NO8.C19H26F4N2O4.C18H35NO5.2CH4/c1-5-6-30(36)40-21-19-38-28-11-7-25(8-12-28)32(2,3)26-9-13-29(14-10-26)39-20-22-41-31(37)16-18-35(4)17-15-27-23-33-24-34-27;1-5-9-26(29)35-20-7-18-33-16-6-17-34-19-8-21-36-27(30)13-15-28(2)14-12-23-10-11-24(31-3)25(22-23)32-4;1-3-6-16(26)28-13-18(20,21)19(22,23)14-29-17(27)9-12-25(2)11-8-15-7-4-5-10-24-15;1-3-10-17(21)23-15-8-9-16-24-18(22)11-13-19(2)12-6-4-5-7-14-20;;/h7-14,23-24H,5-6,15-22H2,1-4H3,(H,33,34);10-11,22H,5-9,12-21H2,1-4H3;4-5,7,10H,3,6,8-9,11-14H2,1-2H3;20H,3-16H2,1-2H3;2*1H4. The Morgan fingerprint density at radius 1 is 0.394 bits per heavy atom. The van der Waals surface area contributed by atoms with Crippen molar-refractivity contribution in [3.63, 3.8) is 0 Å². The molecule has 750 valence electrons. The van der Waals surface area contributed by atoms with Crippen LogP contribution in [0.5, 0.6) is 23.0 Å². The summed E-state index contributed by atoms with van der Waals surface area (Å²) in [5.74, 6) is -9.51. The second-order valence-corrected chi connectivity index (χ2v) is 31.6. The number of likely N-dealkylation sites (N-methyl/N-ethyl adjacent to an activating group) is 3. The molecule has 0 saturated carbocycles. The van der Waals surface area contributed by atoms with Crippen LogP contribution in [0.1, 0.15) is 219 Å². The van der Waals surface area contributed by atoms with E-state index in [1.165, 1.54) is 0 Å². The highest BCUT2D eigenvalue weighted by Crippen LogP contribution is 2.36. The van der Waals surface area contributed by atoms with Crippen LogP contribution in [-0.2, 0) is 110 Å². The van der Waals surface area contributed by atoms with Gasteiger partial charge in [-0.2, -0.15) is 17.6 Å². The summed E-state index contributed by atoms with van der Waals surface area (Å²) in [5.41, 5.74) is 5.15. The predicted octanol–water partition coefficient (Wildman–Crippen LogP) is 15.5. The van der Waals surface area contributed by atoms with Crippen LogP contribution in [0.25, 0.3) is 0 Å². The molecular weight excluding hydrogens is 1720 g/mol. The number of nitrogens with zero attached hydrogens (tertiary/aromatic N) is 6. The van der Waals surface area contributed by atoms with Crippen molar-refractivity contribution in [2.45, 2.75) is 228 Å². The van der Waals surface area contributed by atoms with Crippen LogP contribution in [-0.4, -0.2) is 293 Å². The van der Waals surface area contributed by atoms with Crippen molar-refractivity contribution < 1.29 is 127 Å². The topological polar surface area (TPSA) is 341 Å². The Labute approximate surface area is 782 Å². The molecule has 2 aromatic heterocycles. The maximum absolute atomic E-state index is 13.7. The van der Waals surface area contributed by atoms with Gasteiger partial charge in [0.2, 0.25) is 0 Å². The second-order valence-electron chi connectivity index (χ2n) is 31.6. The molecule has 0 radical (unpaired) electrons. The van der Waals surface area contributed by atoms with E-state index in [1.54, 1.807) is 51.7 Å². The first kappa shape index (κ1) is 122. The van der Waals surface area contributed by atoms with Crippen LogP contribution in [0.3, 0.4) is 0 Å². The quantitative estimate of drug-likeness (QED) is 0.0158. The van der Waals surface area contributed by atoms with E-state index in [0.29, 0.717) is 169 Å². The summed E-state index contributed by atoms with van der Waals surface area (Å²) < 4.78 is 127. The molecule has 0 bridgehead atoms. The fraction of sp³-hybridized carbons (Fsp3) is 0.653. The number of alkyl halides is 4. The molecule has 30 nitrogen and oxygen atoms in total. The number of benzene rings is 3. The minimum absolute atomic E-state index is 0. The molecule has 3 aromatic carbocycles.